The highest BCUT2D eigenvalue weighted by Gasteiger charge is 2.37. The molecule has 1 aliphatic rings. The number of barbiturate groups is 1. The number of hydrogen-bond donors (Lipinski definition) is 2. The zero-order valence-corrected chi connectivity index (χ0v) is 18.5. The standard InChI is InChI=1S/C21H14BrN3O6S/c22-13-3-5-14(6-4-13)25-20(27)17(19(26)24-21(25)28)11-15-7-10-18(31-15)12-1-8-16(9-2-12)32(23,29)30/h1-11H,(H2,23,29,30)(H,24,26,28)/b17-11+. The quantitative estimate of drug-likeness (QED) is 0.404. The second kappa shape index (κ2) is 8.19. The second-order valence-corrected chi connectivity index (χ2v) is 9.18. The van der Waals surface area contributed by atoms with Crippen LogP contribution in [-0.2, 0) is 19.6 Å². The molecule has 162 valence electrons. The summed E-state index contributed by atoms with van der Waals surface area (Å²) in [5.41, 5.74) is 0.579. The van der Waals surface area contributed by atoms with Crippen LogP contribution < -0.4 is 15.4 Å². The van der Waals surface area contributed by atoms with Crippen molar-refractivity contribution in [3.8, 4) is 11.3 Å². The lowest BCUT2D eigenvalue weighted by Gasteiger charge is -2.26. The fourth-order valence-corrected chi connectivity index (χ4v) is 3.80. The molecule has 11 heteroatoms. The predicted octanol–water partition coefficient (Wildman–Crippen LogP) is 3.02. The Balaban J connectivity index is 1.64. The summed E-state index contributed by atoms with van der Waals surface area (Å²) in [5.74, 6) is -1.07. The Bertz CT molecular complexity index is 1380. The number of carbonyl (C=O) groups is 3. The van der Waals surface area contributed by atoms with Crippen molar-refractivity contribution in [2.24, 2.45) is 5.14 Å². The zero-order valence-electron chi connectivity index (χ0n) is 16.1. The van der Waals surface area contributed by atoms with Gasteiger partial charge in [-0.15, -0.1) is 0 Å². The highest BCUT2D eigenvalue weighted by molar-refractivity contribution is 9.10. The molecular formula is C21H14BrN3O6S. The number of nitrogens with one attached hydrogen (secondary N) is 1. The molecule has 4 amide bonds. The van der Waals surface area contributed by atoms with Crippen molar-refractivity contribution in [1.82, 2.24) is 5.32 Å². The molecule has 32 heavy (non-hydrogen) atoms. The third-order valence-electron chi connectivity index (χ3n) is 4.57. The molecule has 1 saturated heterocycles. The highest BCUT2D eigenvalue weighted by Crippen LogP contribution is 2.27. The Morgan fingerprint density at radius 2 is 1.59 bits per heavy atom. The molecule has 3 N–H and O–H groups in total. The zero-order chi connectivity index (χ0) is 23.0. The summed E-state index contributed by atoms with van der Waals surface area (Å²) in [6.07, 6.45) is 1.23. The van der Waals surface area contributed by atoms with Crippen LogP contribution >= 0.6 is 15.9 Å². The van der Waals surface area contributed by atoms with E-state index in [-0.39, 0.29) is 16.2 Å². The lowest BCUT2D eigenvalue weighted by atomic mass is 10.1. The van der Waals surface area contributed by atoms with Crippen LogP contribution in [0.4, 0.5) is 10.5 Å². The summed E-state index contributed by atoms with van der Waals surface area (Å²) in [6, 6.07) is 14.4. The molecule has 2 aromatic carbocycles. The van der Waals surface area contributed by atoms with Crippen molar-refractivity contribution in [3.63, 3.8) is 0 Å². The molecule has 0 radical (unpaired) electrons. The summed E-state index contributed by atoms with van der Waals surface area (Å²) in [4.78, 5) is 38.2. The van der Waals surface area contributed by atoms with E-state index in [0.29, 0.717) is 17.0 Å². The minimum atomic E-state index is -3.82. The molecule has 0 atom stereocenters. The third-order valence-corrected chi connectivity index (χ3v) is 6.03. The number of halogens is 1. The smallest absolute Gasteiger partial charge is 0.335 e. The van der Waals surface area contributed by atoms with Gasteiger partial charge in [-0.2, -0.15) is 0 Å². The first-order chi connectivity index (χ1) is 15.1. The van der Waals surface area contributed by atoms with E-state index in [9.17, 15) is 22.8 Å². The number of primary sulfonamides is 1. The van der Waals surface area contributed by atoms with Gasteiger partial charge >= 0.3 is 6.03 Å². The average molecular weight is 516 g/mol. The Morgan fingerprint density at radius 1 is 0.938 bits per heavy atom. The number of furan rings is 1. The van der Waals surface area contributed by atoms with Crippen LogP contribution in [0.3, 0.4) is 0 Å². The number of amides is 4. The lowest BCUT2D eigenvalue weighted by molar-refractivity contribution is -0.122. The van der Waals surface area contributed by atoms with Crippen molar-refractivity contribution < 1.29 is 27.2 Å². The summed E-state index contributed by atoms with van der Waals surface area (Å²) in [6.45, 7) is 0. The lowest BCUT2D eigenvalue weighted by Crippen LogP contribution is -2.54. The number of hydrogen-bond acceptors (Lipinski definition) is 6. The monoisotopic (exact) mass is 515 g/mol. The van der Waals surface area contributed by atoms with Crippen LogP contribution in [0.15, 0.2) is 80.0 Å². The first kappa shape index (κ1) is 21.7. The number of urea groups is 1. The normalized spacial score (nSPS) is 15.9. The van der Waals surface area contributed by atoms with E-state index in [1.807, 2.05) is 0 Å². The molecule has 0 bridgehead atoms. The molecule has 4 rings (SSSR count). The largest absolute Gasteiger partial charge is 0.457 e. The maximum absolute atomic E-state index is 12.9. The molecule has 0 aliphatic carbocycles. The van der Waals surface area contributed by atoms with Crippen LogP contribution in [0, 0.1) is 0 Å². The van der Waals surface area contributed by atoms with E-state index >= 15 is 0 Å². The second-order valence-electron chi connectivity index (χ2n) is 6.71. The molecule has 1 aromatic heterocycles. The van der Waals surface area contributed by atoms with Crippen molar-refractivity contribution >= 4 is 55.6 Å². The van der Waals surface area contributed by atoms with Gasteiger partial charge in [0, 0.05) is 10.0 Å². The number of imide groups is 2. The maximum atomic E-state index is 12.9. The minimum absolute atomic E-state index is 0.0441. The number of nitrogens with two attached hydrogens (primary N) is 1. The Kier molecular flexibility index (Phi) is 5.55. The number of carbonyl (C=O) groups excluding carboxylic acids is 3. The van der Waals surface area contributed by atoms with E-state index in [1.165, 1.54) is 36.4 Å². The number of sulfonamides is 1. The van der Waals surface area contributed by atoms with E-state index in [0.717, 1.165) is 9.37 Å². The number of nitrogens with zero attached hydrogens (tertiary/aromatic N) is 1. The van der Waals surface area contributed by atoms with Gasteiger partial charge in [-0.05, 0) is 66.7 Å². The number of anilines is 1. The van der Waals surface area contributed by atoms with E-state index in [1.54, 1.807) is 30.3 Å². The molecule has 1 fully saturated rings. The van der Waals surface area contributed by atoms with Gasteiger partial charge in [0.2, 0.25) is 10.0 Å². The molecule has 0 saturated carbocycles. The molecule has 0 unspecified atom stereocenters. The van der Waals surface area contributed by atoms with Gasteiger partial charge in [0.05, 0.1) is 10.6 Å². The van der Waals surface area contributed by atoms with Gasteiger partial charge in [0.25, 0.3) is 11.8 Å². The maximum Gasteiger partial charge on any atom is 0.335 e. The fourth-order valence-electron chi connectivity index (χ4n) is 3.02. The van der Waals surface area contributed by atoms with Crippen molar-refractivity contribution in [3.05, 3.63) is 76.5 Å². The van der Waals surface area contributed by atoms with Gasteiger partial charge in [-0.25, -0.2) is 23.3 Å². The van der Waals surface area contributed by atoms with Crippen LogP contribution in [0.25, 0.3) is 17.4 Å². The SMILES string of the molecule is NS(=O)(=O)c1ccc(-c2ccc(/C=C3\C(=O)NC(=O)N(c4ccc(Br)cc4)C3=O)o2)cc1. The molecule has 1 aliphatic heterocycles. The molecule has 2 heterocycles. The van der Waals surface area contributed by atoms with Crippen LogP contribution in [0.2, 0.25) is 0 Å². The Labute approximate surface area is 190 Å². The van der Waals surface area contributed by atoms with Gasteiger partial charge < -0.3 is 4.42 Å². The van der Waals surface area contributed by atoms with Crippen LogP contribution in [0.5, 0.6) is 0 Å². The first-order valence-electron chi connectivity index (χ1n) is 9.03. The summed E-state index contributed by atoms with van der Waals surface area (Å²) in [5, 5.41) is 7.23. The number of benzene rings is 2. The molecule has 0 spiro atoms. The third kappa shape index (κ3) is 4.26. The molecule has 3 aromatic rings. The summed E-state index contributed by atoms with van der Waals surface area (Å²) >= 11 is 3.28. The summed E-state index contributed by atoms with van der Waals surface area (Å²) in [7, 11) is -3.82. The highest BCUT2D eigenvalue weighted by atomic mass is 79.9. The van der Waals surface area contributed by atoms with Gasteiger partial charge in [0.1, 0.15) is 17.1 Å². The minimum Gasteiger partial charge on any atom is -0.457 e. The van der Waals surface area contributed by atoms with E-state index in [2.05, 4.69) is 21.2 Å². The first-order valence-corrected chi connectivity index (χ1v) is 11.4. The number of rotatable bonds is 4. The van der Waals surface area contributed by atoms with Crippen molar-refractivity contribution in [1.29, 1.82) is 0 Å². The van der Waals surface area contributed by atoms with Crippen LogP contribution in [0.1, 0.15) is 5.76 Å². The predicted molar refractivity (Wildman–Crippen MR) is 119 cm³/mol. The Morgan fingerprint density at radius 3 is 2.22 bits per heavy atom. The topological polar surface area (TPSA) is 140 Å². The molecule has 9 nitrogen and oxygen atoms in total. The van der Waals surface area contributed by atoms with E-state index < -0.39 is 27.9 Å². The van der Waals surface area contributed by atoms with Gasteiger partial charge in [-0.1, -0.05) is 15.9 Å². The van der Waals surface area contributed by atoms with Crippen LogP contribution in [-0.4, -0.2) is 26.3 Å². The Hall–Kier alpha value is -3.54. The van der Waals surface area contributed by atoms with Gasteiger partial charge in [0.15, 0.2) is 0 Å². The van der Waals surface area contributed by atoms with Crippen molar-refractivity contribution in [2.45, 2.75) is 4.90 Å². The van der Waals surface area contributed by atoms with Gasteiger partial charge in [-0.3, -0.25) is 14.9 Å². The fraction of sp³-hybridized carbons (Fsp3) is 0. The van der Waals surface area contributed by atoms with E-state index in [4.69, 9.17) is 9.56 Å². The molecular weight excluding hydrogens is 502 g/mol. The van der Waals surface area contributed by atoms with Crippen molar-refractivity contribution in [2.75, 3.05) is 4.90 Å². The summed E-state index contributed by atoms with van der Waals surface area (Å²) < 4.78 is 29.2. The average Bonchev–Trinajstić information content (AvgIpc) is 3.20.